The lowest BCUT2D eigenvalue weighted by Crippen LogP contribution is -2.26. The van der Waals surface area contributed by atoms with E-state index in [9.17, 15) is 17.2 Å². The number of sulfonamides is 1. The van der Waals surface area contributed by atoms with Gasteiger partial charge in [-0.25, -0.2) is 8.42 Å². The molecule has 0 aliphatic rings. The molecular weight excluding hydrogens is 278 g/mol. The first-order chi connectivity index (χ1) is 8.93. The first kappa shape index (κ1) is 15.6. The van der Waals surface area contributed by atoms with E-state index in [2.05, 4.69) is 14.8 Å². The van der Waals surface area contributed by atoms with Crippen molar-refractivity contribution in [3.05, 3.63) is 24.3 Å². The van der Waals surface area contributed by atoms with Crippen LogP contribution in [0.15, 0.2) is 24.3 Å². The lowest BCUT2D eigenvalue weighted by Gasteiger charge is -2.09. The van der Waals surface area contributed by atoms with Crippen LogP contribution in [0.4, 0.5) is 14.5 Å². The lowest BCUT2D eigenvalue weighted by molar-refractivity contribution is -0.0498. The van der Waals surface area contributed by atoms with E-state index in [-0.39, 0.29) is 11.5 Å². The third kappa shape index (κ3) is 6.35. The Hall–Kier alpha value is -1.41. The molecule has 0 bridgehead atoms. The fourth-order valence-electron chi connectivity index (χ4n) is 1.32. The Bertz CT molecular complexity index is 477. The van der Waals surface area contributed by atoms with E-state index in [4.69, 9.17) is 0 Å². The van der Waals surface area contributed by atoms with Crippen molar-refractivity contribution in [2.24, 2.45) is 0 Å². The highest BCUT2D eigenvalue weighted by Gasteiger charge is 2.10. The van der Waals surface area contributed by atoms with Gasteiger partial charge in [0.05, 0.1) is 5.75 Å². The molecule has 8 heteroatoms. The van der Waals surface area contributed by atoms with Crippen LogP contribution >= 0.6 is 0 Å². The molecule has 1 aromatic rings. The van der Waals surface area contributed by atoms with E-state index in [1.807, 2.05) is 6.92 Å². The highest BCUT2D eigenvalue weighted by atomic mass is 32.2. The molecule has 0 saturated heterocycles. The van der Waals surface area contributed by atoms with Crippen LogP contribution in [0.25, 0.3) is 0 Å². The molecule has 0 amide bonds. The van der Waals surface area contributed by atoms with E-state index in [0.717, 1.165) is 0 Å². The summed E-state index contributed by atoms with van der Waals surface area (Å²) in [6.45, 7) is 0.0118. The topological polar surface area (TPSA) is 67.4 Å². The predicted octanol–water partition coefficient (Wildman–Crippen LogP) is 1.64. The minimum absolute atomic E-state index is 0.0226. The van der Waals surface area contributed by atoms with E-state index >= 15 is 0 Å². The number of anilines is 1. The lowest BCUT2D eigenvalue weighted by atomic mass is 10.3. The minimum Gasteiger partial charge on any atom is -0.435 e. The van der Waals surface area contributed by atoms with E-state index in [1.165, 1.54) is 24.3 Å². The molecule has 19 heavy (non-hydrogen) atoms. The van der Waals surface area contributed by atoms with Gasteiger partial charge in [0, 0.05) is 12.2 Å². The number of rotatable bonds is 8. The molecule has 1 aromatic carbocycles. The average molecular weight is 294 g/mol. The Morgan fingerprint density at radius 2 is 1.89 bits per heavy atom. The standard InChI is InChI=1S/C11H16F2N2O3S/c1-2-14-7-8-19(16,17)15-9-3-5-10(6-4-9)18-11(12)13/h3-6,11,14-15H,2,7-8H2,1H3. The van der Waals surface area contributed by atoms with Crippen molar-refractivity contribution in [2.45, 2.75) is 13.5 Å². The average Bonchev–Trinajstić information content (AvgIpc) is 2.31. The minimum atomic E-state index is -3.44. The SMILES string of the molecule is CCNCCS(=O)(=O)Nc1ccc(OC(F)F)cc1. The molecule has 0 radical (unpaired) electrons. The van der Waals surface area contributed by atoms with Gasteiger partial charge in [-0.2, -0.15) is 8.78 Å². The smallest absolute Gasteiger partial charge is 0.387 e. The van der Waals surface area contributed by atoms with E-state index in [0.29, 0.717) is 18.8 Å². The Kier molecular flexibility index (Phi) is 5.97. The Morgan fingerprint density at radius 3 is 2.42 bits per heavy atom. The van der Waals surface area contributed by atoms with Gasteiger partial charge in [-0.15, -0.1) is 0 Å². The maximum atomic E-state index is 11.9. The molecule has 1 rings (SSSR count). The number of hydrogen-bond acceptors (Lipinski definition) is 4. The summed E-state index contributed by atoms with van der Waals surface area (Å²) in [5.74, 6) is -0.0820. The van der Waals surface area contributed by atoms with Gasteiger partial charge in [0.15, 0.2) is 0 Å². The Balaban J connectivity index is 2.57. The van der Waals surface area contributed by atoms with Crippen LogP contribution in [-0.4, -0.2) is 33.9 Å². The fraction of sp³-hybridized carbons (Fsp3) is 0.455. The molecule has 0 aliphatic carbocycles. The highest BCUT2D eigenvalue weighted by Crippen LogP contribution is 2.18. The second-order valence-corrected chi connectivity index (χ2v) is 5.52. The molecule has 2 N–H and O–H groups in total. The molecule has 0 saturated carbocycles. The van der Waals surface area contributed by atoms with Gasteiger partial charge in [-0.3, -0.25) is 4.72 Å². The monoisotopic (exact) mass is 294 g/mol. The summed E-state index contributed by atoms with van der Waals surface area (Å²) in [6.07, 6.45) is 0. The molecule has 0 spiro atoms. The van der Waals surface area contributed by atoms with Crippen LogP contribution in [0.5, 0.6) is 5.75 Å². The zero-order chi connectivity index (χ0) is 14.3. The molecule has 0 atom stereocenters. The van der Waals surface area contributed by atoms with Gasteiger partial charge >= 0.3 is 6.61 Å². The molecule has 0 aromatic heterocycles. The summed E-state index contributed by atoms with van der Waals surface area (Å²) in [7, 11) is -3.44. The number of alkyl halides is 2. The molecular formula is C11H16F2N2O3S. The van der Waals surface area contributed by atoms with Crippen molar-refractivity contribution in [1.29, 1.82) is 0 Å². The Morgan fingerprint density at radius 1 is 1.26 bits per heavy atom. The second kappa shape index (κ2) is 7.25. The number of halogens is 2. The molecule has 0 fully saturated rings. The van der Waals surface area contributed by atoms with Gasteiger partial charge in [0.1, 0.15) is 5.75 Å². The second-order valence-electron chi connectivity index (χ2n) is 3.68. The van der Waals surface area contributed by atoms with Crippen LogP contribution in [0.1, 0.15) is 6.92 Å². The number of hydrogen-bond donors (Lipinski definition) is 2. The van der Waals surface area contributed by atoms with Crippen molar-refractivity contribution in [3.63, 3.8) is 0 Å². The third-order valence-corrected chi connectivity index (χ3v) is 3.44. The zero-order valence-electron chi connectivity index (χ0n) is 10.4. The highest BCUT2D eigenvalue weighted by molar-refractivity contribution is 7.92. The molecule has 108 valence electrons. The predicted molar refractivity (Wildman–Crippen MR) is 69.0 cm³/mol. The van der Waals surface area contributed by atoms with Gasteiger partial charge in [-0.1, -0.05) is 6.92 Å². The largest absolute Gasteiger partial charge is 0.435 e. The van der Waals surface area contributed by atoms with Crippen LogP contribution < -0.4 is 14.8 Å². The van der Waals surface area contributed by atoms with Crippen molar-refractivity contribution >= 4 is 15.7 Å². The normalized spacial score (nSPS) is 11.6. The van der Waals surface area contributed by atoms with Gasteiger partial charge in [0.2, 0.25) is 10.0 Å². The van der Waals surface area contributed by atoms with E-state index in [1.54, 1.807) is 0 Å². The van der Waals surface area contributed by atoms with Crippen LogP contribution in [0.3, 0.4) is 0 Å². The molecule has 0 unspecified atom stereocenters. The maximum absolute atomic E-state index is 11.9. The molecule has 0 aliphatic heterocycles. The van der Waals surface area contributed by atoms with Crippen LogP contribution in [0, 0.1) is 0 Å². The van der Waals surface area contributed by atoms with Crippen molar-refractivity contribution in [1.82, 2.24) is 5.32 Å². The first-order valence-corrected chi connectivity index (χ1v) is 7.34. The molecule has 5 nitrogen and oxygen atoms in total. The summed E-state index contributed by atoms with van der Waals surface area (Å²) in [6, 6.07) is 5.27. The summed E-state index contributed by atoms with van der Waals surface area (Å²) in [4.78, 5) is 0. The van der Waals surface area contributed by atoms with Gasteiger partial charge in [-0.05, 0) is 30.8 Å². The van der Waals surface area contributed by atoms with Crippen molar-refractivity contribution in [3.8, 4) is 5.75 Å². The van der Waals surface area contributed by atoms with Gasteiger partial charge in [0.25, 0.3) is 0 Å². The van der Waals surface area contributed by atoms with Gasteiger partial charge < -0.3 is 10.1 Å². The van der Waals surface area contributed by atoms with Crippen molar-refractivity contribution in [2.75, 3.05) is 23.6 Å². The first-order valence-electron chi connectivity index (χ1n) is 5.69. The van der Waals surface area contributed by atoms with Crippen LogP contribution in [-0.2, 0) is 10.0 Å². The van der Waals surface area contributed by atoms with Crippen molar-refractivity contribution < 1.29 is 21.9 Å². The van der Waals surface area contributed by atoms with Crippen LogP contribution in [0.2, 0.25) is 0 Å². The summed E-state index contributed by atoms with van der Waals surface area (Å²) in [5.41, 5.74) is 0.304. The molecule has 0 heterocycles. The Labute approximate surface area is 111 Å². The fourth-order valence-corrected chi connectivity index (χ4v) is 2.33. The maximum Gasteiger partial charge on any atom is 0.387 e. The number of ether oxygens (including phenoxy) is 1. The quantitative estimate of drug-likeness (QED) is 0.715. The number of nitrogens with one attached hydrogen (secondary N) is 2. The third-order valence-electron chi connectivity index (χ3n) is 2.15. The summed E-state index contributed by atoms with van der Waals surface area (Å²) in [5, 5.41) is 2.90. The number of benzene rings is 1. The van der Waals surface area contributed by atoms with E-state index < -0.39 is 16.6 Å². The zero-order valence-corrected chi connectivity index (χ0v) is 11.2. The summed E-state index contributed by atoms with van der Waals surface area (Å²) >= 11 is 0. The summed E-state index contributed by atoms with van der Waals surface area (Å²) < 4.78 is 53.6.